The number of unbranched alkanes of at least 4 members (excludes halogenated alkanes) is 6. The Morgan fingerprint density at radius 1 is 1.11 bits per heavy atom. The van der Waals surface area contributed by atoms with Gasteiger partial charge >= 0.3 is 0 Å². The monoisotopic (exact) mass is 264 g/mol. The highest BCUT2D eigenvalue weighted by molar-refractivity contribution is 5.50. The van der Waals surface area contributed by atoms with E-state index in [1.54, 1.807) is 12.1 Å². The van der Waals surface area contributed by atoms with Crippen LogP contribution in [0.1, 0.15) is 51.9 Å². The Labute approximate surface area is 115 Å². The number of hydrogen-bond acceptors (Lipinski definition) is 3. The van der Waals surface area contributed by atoms with Crippen molar-refractivity contribution < 1.29 is 4.92 Å². The first-order valence-corrected chi connectivity index (χ1v) is 7.22. The second kappa shape index (κ2) is 9.36. The van der Waals surface area contributed by atoms with Gasteiger partial charge in [-0.05, 0) is 12.5 Å². The SMILES string of the molecule is CCCCCCCCCNc1cccc([N+](=O)[O-])c1. The van der Waals surface area contributed by atoms with Gasteiger partial charge in [-0.2, -0.15) is 0 Å². The van der Waals surface area contributed by atoms with Crippen LogP contribution in [0.15, 0.2) is 24.3 Å². The summed E-state index contributed by atoms with van der Waals surface area (Å²) >= 11 is 0. The molecule has 0 aliphatic rings. The topological polar surface area (TPSA) is 55.2 Å². The molecule has 0 radical (unpaired) electrons. The number of anilines is 1. The summed E-state index contributed by atoms with van der Waals surface area (Å²) in [6.07, 6.45) is 8.93. The average Bonchev–Trinajstić information content (AvgIpc) is 2.42. The summed E-state index contributed by atoms with van der Waals surface area (Å²) in [5.41, 5.74) is 0.977. The Kier molecular flexibility index (Phi) is 7.63. The second-order valence-corrected chi connectivity index (χ2v) is 4.86. The third-order valence-corrected chi connectivity index (χ3v) is 3.17. The first-order chi connectivity index (χ1) is 9.24. The summed E-state index contributed by atoms with van der Waals surface area (Å²) in [6, 6.07) is 6.68. The minimum Gasteiger partial charge on any atom is -0.385 e. The number of nitrogens with zero attached hydrogens (tertiary/aromatic N) is 1. The summed E-state index contributed by atoms with van der Waals surface area (Å²) in [4.78, 5) is 10.3. The first kappa shape index (κ1) is 15.5. The van der Waals surface area contributed by atoms with Gasteiger partial charge in [0, 0.05) is 24.4 Å². The predicted molar refractivity (Wildman–Crippen MR) is 79.6 cm³/mol. The van der Waals surface area contributed by atoms with Gasteiger partial charge in [-0.1, -0.05) is 51.5 Å². The molecule has 0 saturated carbocycles. The molecule has 19 heavy (non-hydrogen) atoms. The van der Waals surface area contributed by atoms with Crippen molar-refractivity contribution in [2.75, 3.05) is 11.9 Å². The van der Waals surface area contributed by atoms with Crippen LogP contribution in [-0.2, 0) is 0 Å². The zero-order valence-corrected chi connectivity index (χ0v) is 11.7. The van der Waals surface area contributed by atoms with E-state index in [2.05, 4.69) is 12.2 Å². The van der Waals surface area contributed by atoms with E-state index in [0.717, 1.165) is 18.7 Å². The summed E-state index contributed by atoms with van der Waals surface area (Å²) in [5, 5.41) is 13.9. The van der Waals surface area contributed by atoms with E-state index in [9.17, 15) is 10.1 Å². The average molecular weight is 264 g/mol. The molecule has 0 amide bonds. The lowest BCUT2D eigenvalue weighted by molar-refractivity contribution is -0.384. The summed E-state index contributed by atoms with van der Waals surface area (Å²) in [6.45, 7) is 3.11. The maximum absolute atomic E-state index is 10.6. The minimum atomic E-state index is -0.362. The third-order valence-electron chi connectivity index (χ3n) is 3.17. The summed E-state index contributed by atoms with van der Waals surface area (Å²) in [7, 11) is 0. The van der Waals surface area contributed by atoms with E-state index in [1.165, 1.54) is 44.6 Å². The second-order valence-electron chi connectivity index (χ2n) is 4.86. The van der Waals surface area contributed by atoms with E-state index in [0.29, 0.717) is 0 Å². The molecule has 0 saturated heterocycles. The van der Waals surface area contributed by atoms with Crippen molar-refractivity contribution in [2.24, 2.45) is 0 Å². The highest BCUT2D eigenvalue weighted by atomic mass is 16.6. The highest BCUT2D eigenvalue weighted by Crippen LogP contribution is 2.17. The Morgan fingerprint density at radius 3 is 2.47 bits per heavy atom. The molecule has 1 rings (SSSR count). The number of nitro benzene ring substituents is 1. The molecule has 4 heteroatoms. The summed E-state index contributed by atoms with van der Waals surface area (Å²) < 4.78 is 0. The van der Waals surface area contributed by atoms with Crippen LogP contribution in [-0.4, -0.2) is 11.5 Å². The Balaban J connectivity index is 2.12. The zero-order chi connectivity index (χ0) is 13.9. The van der Waals surface area contributed by atoms with E-state index in [-0.39, 0.29) is 10.6 Å². The van der Waals surface area contributed by atoms with Gasteiger partial charge < -0.3 is 5.32 Å². The molecule has 1 aromatic carbocycles. The smallest absolute Gasteiger partial charge is 0.271 e. The molecule has 0 aliphatic carbocycles. The van der Waals surface area contributed by atoms with Gasteiger partial charge in [0.2, 0.25) is 0 Å². The van der Waals surface area contributed by atoms with Crippen molar-refractivity contribution in [3.8, 4) is 0 Å². The van der Waals surface area contributed by atoms with Crippen LogP contribution in [0.2, 0.25) is 0 Å². The quantitative estimate of drug-likeness (QED) is 0.376. The molecule has 0 spiro atoms. The maximum atomic E-state index is 10.6. The fourth-order valence-corrected chi connectivity index (χ4v) is 2.04. The normalized spacial score (nSPS) is 10.4. The predicted octanol–water partition coefficient (Wildman–Crippen LogP) is 4.76. The lowest BCUT2D eigenvalue weighted by Crippen LogP contribution is -2.01. The molecule has 0 aliphatic heterocycles. The molecule has 1 aromatic rings. The lowest BCUT2D eigenvalue weighted by Gasteiger charge is -2.06. The largest absolute Gasteiger partial charge is 0.385 e. The molecular weight excluding hydrogens is 240 g/mol. The number of hydrogen-bond donors (Lipinski definition) is 1. The van der Waals surface area contributed by atoms with E-state index in [1.807, 2.05) is 6.07 Å². The van der Waals surface area contributed by atoms with Crippen molar-refractivity contribution in [3.63, 3.8) is 0 Å². The minimum absolute atomic E-state index is 0.143. The number of nitro groups is 1. The van der Waals surface area contributed by atoms with Gasteiger partial charge in [0.1, 0.15) is 0 Å². The Hall–Kier alpha value is -1.58. The molecule has 0 fully saturated rings. The molecule has 0 aromatic heterocycles. The zero-order valence-electron chi connectivity index (χ0n) is 11.7. The van der Waals surface area contributed by atoms with Crippen LogP contribution in [0.25, 0.3) is 0 Å². The number of benzene rings is 1. The van der Waals surface area contributed by atoms with Crippen LogP contribution in [0.4, 0.5) is 11.4 Å². The summed E-state index contributed by atoms with van der Waals surface area (Å²) in [5.74, 6) is 0. The molecular formula is C15H24N2O2. The van der Waals surface area contributed by atoms with E-state index in [4.69, 9.17) is 0 Å². The maximum Gasteiger partial charge on any atom is 0.271 e. The van der Waals surface area contributed by atoms with Gasteiger partial charge in [-0.15, -0.1) is 0 Å². The van der Waals surface area contributed by atoms with E-state index < -0.39 is 0 Å². The van der Waals surface area contributed by atoms with Crippen LogP contribution in [0.5, 0.6) is 0 Å². The Bertz CT molecular complexity index is 380. The van der Waals surface area contributed by atoms with Gasteiger partial charge in [-0.3, -0.25) is 10.1 Å². The van der Waals surface area contributed by atoms with E-state index >= 15 is 0 Å². The van der Waals surface area contributed by atoms with Crippen LogP contribution in [0.3, 0.4) is 0 Å². The van der Waals surface area contributed by atoms with Crippen LogP contribution >= 0.6 is 0 Å². The van der Waals surface area contributed by atoms with Crippen LogP contribution in [0, 0.1) is 10.1 Å². The van der Waals surface area contributed by atoms with Crippen molar-refractivity contribution in [1.82, 2.24) is 0 Å². The molecule has 0 bridgehead atoms. The molecule has 106 valence electrons. The van der Waals surface area contributed by atoms with Gasteiger partial charge in [0.05, 0.1) is 4.92 Å². The standard InChI is InChI=1S/C15H24N2O2/c1-2-3-4-5-6-7-8-12-16-14-10-9-11-15(13-14)17(18)19/h9-11,13,16H,2-8,12H2,1H3. The number of non-ortho nitro benzene ring substituents is 1. The lowest BCUT2D eigenvalue weighted by atomic mass is 10.1. The van der Waals surface area contributed by atoms with Crippen molar-refractivity contribution in [1.29, 1.82) is 0 Å². The third kappa shape index (κ3) is 6.79. The van der Waals surface area contributed by atoms with Crippen molar-refractivity contribution in [3.05, 3.63) is 34.4 Å². The fourth-order valence-electron chi connectivity index (χ4n) is 2.04. The molecule has 0 atom stereocenters. The first-order valence-electron chi connectivity index (χ1n) is 7.22. The van der Waals surface area contributed by atoms with Gasteiger partial charge in [-0.25, -0.2) is 0 Å². The molecule has 1 N–H and O–H groups in total. The highest BCUT2D eigenvalue weighted by Gasteiger charge is 2.04. The number of rotatable bonds is 10. The van der Waals surface area contributed by atoms with Crippen molar-refractivity contribution in [2.45, 2.75) is 51.9 Å². The molecule has 4 nitrogen and oxygen atoms in total. The van der Waals surface area contributed by atoms with Gasteiger partial charge in [0.15, 0.2) is 0 Å². The number of nitrogens with one attached hydrogen (secondary N) is 1. The van der Waals surface area contributed by atoms with Crippen molar-refractivity contribution >= 4 is 11.4 Å². The Morgan fingerprint density at radius 2 is 1.79 bits per heavy atom. The molecule has 0 heterocycles. The van der Waals surface area contributed by atoms with Gasteiger partial charge in [0.25, 0.3) is 5.69 Å². The van der Waals surface area contributed by atoms with Crippen LogP contribution < -0.4 is 5.32 Å². The fraction of sp³-hybridized carbons (Fsp3) is 0.600. The molecule has 0 unspecified atom stereocenters.